The summed E-state index contributed by atoms with van der Waals surface area (Å²) >= 11 is 4.86. The van der Waals surface area contributed by atoms with Gasteiger partial charge in [-0.2, -0.15) is 15.5 Å². The lowest BCUT2D eigenvalue weighted by atomic mass is 9.96. The van der Waals surface area contributed by atoms with Crippen LogP contribution in [0.4, 0.5) is 5.00 Å². The third-order valence-electron chi connectivity index (χ3n) is 4.27. The van der Waals surface area contributed by atoms with Crippen LogP contribution in [0.25, 0.3) is 0 Å². The molecule has 0 atom stereocenters. The summed E-state index contributed by atoms with van der Waals surface area (Å²) in [5.41, 5.74) is 2.03. The Labute approximate surface area is 162 Å². The molecule has 132 valence electrons. The SMILES string of the molecule is N#Cc1c(NC(=O)c2ccn(Cn3cc(Br)cn3)n2)sc2c1CCCC2. The Bertz CT molecular complexity index is 1010. The van der Waals surface area contributed by atoms with Gasteiger partial charge in [0, 0.05) is 17.3 Å². The van der Waals surface area contributed by atoms with Crippen LogP contribution < -0.4 is 5.32 Å². The monoisotopic (exact) mass is 430 g/mol. The van der Waals surface area contributed by atoms with E-state index in [-0.39, 0.29) is 5.91 Å². The predicted molar refractivity (Wildman–Crippen MR) is 101 cm³/mol. The number of nitrogens with one attached hydrogen (secondary N) is 1. The third kappa shape index (κ3) is 3.30. The molecule has 4 rings (SSSR count). The van der Waals surface area contributed by atoms with E-state index in [4.69, 9.17) is 0 Å². The molecule has 1 aliphatic carbocycles. The van der Waals surface area contributed by atoms with Crippen molar-refractivity contribution in [2.24, 2.45) is 0 Å². The number of carbonyl (C=O) groups excluding carboxylic acids is 1. The highest BCUT2D eigenvalue weighted by Crippen LogP contribution is 2.37. The molecule has 3 aromatic rings. The van der Waals surface area contributed by atoms with E-state index in [9.17, 15) is 10.1 Å². The molecule has 3 aromatic heterocycles. The van der Waals surface area contributed by atoms with Gasteiger partial charge in [0.05, 0.1) is 16.2 Å². The highest BCUT2D eigenvalue weighted by molar-refractivity contribution is 9.10. The van der Waals surface area contributed by atoms with Gasteiger partial charge in [-0.15, -0.1) is 11.3 Å². The molecule has 0 bridgehead atoms. The van der Waals surface area contributed by atoms with Crippen LogP contribution in [0, 0.1) is 11.3 Å². The summed E-state index contributed by atoms with van der Waals surface area (Å²) in [6.45, 7) is 0.412. The van der Waals surface area contributed by atoms with E-state index in [1.54, 1.807) is 27.8 Å². The van der Waals surface area contributed by atoms with Crippen molar-refractivity contribution in [2.45, 2.75) is 32.4 Å². The lowest BCUT2D eigenvalue weighted by Crippen LogP contribution is -2.15. The van der Waals surface area contributed by atoms with Gasteiger partial charge in [-0.3, -0.25) is 9.48 Å². The third-order valence-corrected chi connectivity index (χ3v) is 5.89. The van der Waals surface area contributed by atoms with Gasteiger partial charge in [-0.05, 0) is 53.2 Å². The van der Waals surface area contributed by atoms with E-state index in [0.717, 1.165) is 35.7 Å². The topological polar surface area (TPSA) is 88.5 Å². The lowest BCUT2D eigenvalue weighted by Gasteiger charge is -2.09. The van der Waals surface area contributed by atoms with Crippen LogP contribution in [-0.4, -0.2) is 25.5 Å². The number of halogens is 1. The zero-order valence-corrected chi connectivity index (χ0v) is 16.2. The smallest absolute Gasteiger partial charge is 0.276 e. The summed E-state index contributed by atoms with van der Waals surface area (Å²) < 4.78 is 4.23. The van der Waals surface area contributed by atoms with Gasteiger partial charge in [0.15, 0.2) is 5.69 Å². The fourth-order valence-electron chi connectivity index (χ4n) is 3.07. The largest absolute Gasteiger partial charge is 0.311 e. The normalized spacial score (nSPS) is 13.2. The fraction of sp³-hybridized carbons (Fsp3) is 0.294. The van der Waals surface area contributed by atoms with Crippen LogP contribution in [-0.2, 0) is 19.5 Å². The number of fused-ring (bicyclic) bond motifs is 1. The van der Waals surface area contributed by atoms with Gasteiger partial charge >= 0.3 is 0 Å². The number of thiophene rings is 1. The molecule has 0 aromatic carbocycles. The first-order valence-electron chi connectivity index (χ1n) is 8.21. The average Bonchev–Trinajstić information content (AvgIpc) is 3.33. The van der Waals surface area contributed by atoms with E-state index in [2.05, 4.69) is 37.5 Å². The van der Waals surface area contributed by atoms with E-state index >= 15 is 0 Å². The number of anilines is 1. The maximum Gasteiger partial charge on any atom is 0.276 e. The first-order chi connectivity index (χ1) is 12.6. The number of aromatic nitrogens is 4. The average molecular weight is 431 g/mol. The lowest BCUT2D eigenvalue weighted by molar-refractivity contribution is 0.102. The second-order valence-corrected chi connectivity index (χ2v) is 8.08. The first kappa shape index (κ1) is 17.0. The minimum absolute atomic E-state index is 0.305. The van der Waals surface area contributed by atoms with E-state index in [1.165, 1.54) is 16.2 Å². The Morgan fingerprint density at radius 2 is 2.23 bits per heavy atom. The van der Waals surface area contributed by atoms with Crippen LogP contribution >= 0.6 is 27.3 Å². The number of rotatable bonds is 4. The molecule has 0 unspecified atom stereocenters. The Kier molecular flexibility index (Phi) is 4.61. The molecule has 0 saturated carbocycles. The summed E-state index contributed by atoms with van der Waals surface area (Å²) in [6, 6.07) is 3.91. The molecule has 0 fully saturated rings. The van der Waals surface area contributed by atoms with Crippen molar-refractivity contribution >= 4 is 38.2 Å². The Hall–Kier alpha value is -2.44. The summed E-state index contributed by atoms with van der Waals surface area (Å²) in [4.78, 5) is 13.8. The quantitative estimate of drug-likeness (QED) is 0.686. The summed E-state index contributed by atoms with van der Waals surface area (Å²) in [7, 11) is 0. The van der Waals surface area contributed by atoms with Gasteiger partial charge in [0.2, 0.25) is 0 Å². The molecule has 1 amide bonds. The van der Waals surface area contributed by atoms with Gasteiger partial charge in [0.25, 0.3) is 5.91 Å². The van der Waals surface area contributed by atoms with Crippen molar-refractivity contribution in [2.75, 3.05) is 5.32 Å². The number of carbonyl (C=O) groups is 1. The maximum absolute atomic E-state index is 12.5. The van der Waals surface area contributed by atoms with Crippen molar-refractivity contribution in [3.05, 3.63) is 50.8 Å². The van der Waals surface area contributed by atoms with Crippen molar-refractivity contribution in [1.82, 2.24) is 19.6 Å². The standard InChI is InChI=1S/C17H15BrN6OS/c18-11-8-20-24(9-11)10-23-6-5-14(22-23)16(25)21-17-13(7-19)12-3-1-2-4-15(12)26-17/h5-6,8-9H,1-4,10H2,(H,21,25). The van der Waals surface area contributed by atoms with E-state index < -0.39 is 0 Å². The molecule has 26 heavy (non-hydrogen) atoms. The van der Waals surface area contributed by atoms with Crippen molar-refractivity contribution in [1.29, 1.82) is 5.26 Å². The van der Waals surface area contributed by atoms with Gasteiger partial charge in [0.1, 0.15) is 17.7 Å². The number of nitriles is 1. The van der Waals surface area contributed by atoms with Crippen LogP contribution in [0.1, 0.15) is 39.3 Å². The van der Waals surface area contributed by atoms with Crippen LogP contribution in [0.5, 0.6) is 0 Å². The van der Waals surface area contributed by atoms with Crippen molar-refractivity contribution in [3.63, 3.8) is 0 Å². The highest BCUT2D eigenvalue weighted by atomic mass is 79.9. The summed E-state index contributed by atoms with van der Waals surface area (Å²) in [5.74, 6) is -0.305. The zero-order chi connectivity index (χ0) is 18.1. The second-order valence-electron chi connectivity index (χ2n) is 6.06. The van der Waals surface area contributed by atoms with E-state index in [1.807, 2.05) is 6.20 Å². The number of amides is 1. The predicted octanol–water partition coefficient (Wildman–Crippen LogP) is 3.41. The van der Waals surface area contributed by atoms with Crippen LogP contribution in [0.15, 0.2) is 29.1 Å². The van der Waals surface area contributed by atoms with Crippen molar-refractivity contribution < 1.29 is 4.79 Å². The molecule has 0 radical (unpaired) electrons. The fourth-order valence-corrected chi connectivity index (χ4v) is 4.63. The molecule has 0 spiro atoms. The summed E-state index contributed by atoms with van der Waals surface area (Å²) in [5, 5.41) is 21.5. The Balaban J connectivity index is 1.51. The molecular formula is C17H15BrN6OS. The molecule has 3 heterocycles. The second kappa shape index (κ2) is 7.05. The molecule has 0 aliphatic heterocycles. The minimum atomic E-state index is -0.305. The number of aryl methyl sites for hydroxylation is 1. The Morgan fingerprint density at radius 1 is 1.38 bits per heavy atom. The van der Waals surface area contributed by atoms with Crippen molar-refractivity contribution in [3.8, 4) is 6.07 Å². The summed E-state index contributed by atoms with van der Waals surface area (Å²) in [6.07, 6.45) is 9.39. The Morgan fingerprint density at radius 3 is 3.00 bits per heavy atom. The highest BCUT2D eigenvalue weighted by Gasteiger charge is 2.22. The number of hydrogen-bond donors (Lipinski definition) is 1. The molecule has 1 aliphatic rings. The molecule has 1 N–H and O–H groups in total. The molecule has 9 heteroatoms. The maximum atomic E-state index is 12.5. The van der Waals surface area contributed by atoms with E-state index in [0.29, 0.717) is 22.9 Å². The van der Waals surface area contributed by atoms with Gasteiger partial charge in [-0.25, -0.2) is 4.68 Å². The minimum Gasteiger partial charge on any atom is -0.311 e. The van der Waals surface area contributed by atoms with Crippen LogP contribution in [0.3, 0.4) is 0 Å². The first-order valence-corrected chi connectivity index (χ1v) is 9.82. The number of nitrogens with zero attached hydrogens (tertiary/aromatic N) is 5. The molecule has 0 saturated heterocycles. The van der Waals surface area contributed by atoms with Gasteiger partial charge < -0.3 is 5.32 Å². The zero-order valence-electron chi connectivity index (χ0n) is 13.8. The van der Waals surface area contributed by atoms with Crippen LogP contribution in [0.2, 0.25) is 0 Å². The number of hydrogen-bond acceptors (Lipinski definition) is 5. The van der Waals surface area contributed by atoms with Gasteiger partial charge in [-0.1, -0.05) is 0 Å². The molecular weight excluding hydrogens is 416 g/mol. The molecule has 7 nitrogen and oxygen atoms in total.